The van der Waals surface area contributed by atoms with Gasteiger partial charge in [0.2, 0.25) is 0 Å². The number of hydrogen-bond donors (Lipinski definition) is 2. The number of urea groups is 1. The fourth-order valence-corrected chi connectivity index (χ4v) is 2.58. The first-order valence-electron chi connectivity index (χ1n) is 7.94. The molecule has 3 rings (SSSR count). The Morgan fingerprint density at radius 3 is 2.80 bits per heavy atom. The van der Waals surface area contributed by atoms with Crippen LogP contribution in [-0.2, 0) is 6.54 Å². The Morgan fingerprint density at radius 2 is 2.04 bits per heavy atom. The van der Waals surface area contributed by atoms with Gasteiger partial charge >= 0.3 is 6.03 Å². The number of nitrogens with one attached hydrogen (secondary N) is 2. The van der Waals surface area contributed by atoms with Gasteiger partial charge in [0.25, 0.3) is 0 Å². The number of anilines is 1. The Hall–Kier alpha value is -3.28. The summed E-state index contributed by atoms with van der Waals surface area (Å²) in [7, 11) is 1.59. The van der Waals surface area contributed by atoms with Crippen molar-refractivity contribution < 1.29 is 9.53 Å². The Labute approximate surface area is 146 Å². The first kappa shape index (κ1) is 16.6. The molecule has 0 spiro atoms. The average Bonchev–Trinajstić information content (AvgIpc) is 3.06. The molecular formula is C19H20N4O2. The summed E-state index contributed by atoms with van der Waals surface area (Å²) in [6, 6.07) is 14.9. The van der Waals surface area contributed by atoms with Gasteiger partial charge in [-0.2, -0.15) is 0 Å². The van der Waals surface area contributed by atoms with E-state index in [-0.39, 0.29) is 6.03 Å². The summed E-state index contributed by atoms with van der Waals surface area (Å²) in [6.07, 6.45) is 3.67. The Bertz CT molecular complexity index is 873. The molecule has 0 aliphatic rings. The smallest absolute Gasteiger partial charge is 0.319 e. The van der Waals surface area contributed by atoms with Crippen molar-refractivity contribution in [1.82, 2.24) is 14.9 Å². The Morgan fingerprint density at radius 1 is 1.20 bits per heavy atom. The van der Waals surface area contributed by atoms with Gasteiger partial charge in [0.1, 0.15) is 11.6 Å². The molecule has 0 aliphatic carbocycles. The van der Waals surface area contributed by atoms with Crippen LogP contribution in [0.2, 0.25) is 0 Å². The molecule has 0 fully saturated rings. The molecule has 25 heavy (non-hydrogen) atoms. The molecule has 3 aromatic rings. The van der Waals surface area contributed by atoms with Crippen molar-refractivity contribution in [1.29, 1.82) is 0 Å². The number of aryl methyl sites for hydroxylation is 1. The normalized spacial score (nSPS) is 10.3. The molecule has 2 amide bonds. The van der Waals surface area contributed by atoms with E-state index in [2.05, 4.69) is 15.6 Å². The lowest BCUT2D eigenvalue weighted by Crippen LogP contribution is -2.28. The minimum absolute atomic E-state index is 0.273. The summed E-state index contributed by atoms with van der Waals surface area (Å²) in [5.74, 6) is 1.59. The molecule has 1 aromatic heterocycles. The number of aromatic nitrogens is 2. The van der Waals surface area contributed by atoms with Crippen LogP contribution in [-0.4, -0.2) is 22.7 Å². The Balaban J connectivity index is 1.68. The molecule has 2 N–H and O–H groups in total. The highest BCUT2D eigenvalue weighted by atomic mass is 16.5. The monoisotopic (exact) mass is 336 g/mol. The van der Waals surface area contributed by atoms with Crippen molar-refractivity contribution in [2.75, 3.05) is 12.4 Å². The molecule has 0 radical (unpaired) electrons. The van der Waals surface area contributed by atoms with E-state index in [1.807, 2.05) is 60.2 Å². The fraction of sp³-hybridized carbons (Fsp3) is 0.158. The van der Waals surface area contributed by atoms with Crippen molar-refractivity contribution in [3.63, 3.8) is 0 Å². The van der Waals surface area contributed by atoms with Gasteiger partial charge in [-0.05, 0) is 30.7 Å². The van der Waals surface area contributed by atoms with Crippen LogP contribution in [0.15, 0.2) is 60.9 Å². The van der Waals surface area contributed by atoms with E-state index in [4.69, 9.17) is 4.74 Å². The molecule has 6 nitrogen and oxygen atoms in total. The number of ether oxygens (including phenoxy) is 1. The van der Waals surface area contributed by atoms with Crippen LogP contribution in [0.1, 0.15) is 11.4 Å². The minimum atomic E-state index is -0.273. The molecule has 0 bridgehead atoms. The predicted molar refractivity (Wildman–Crippen MR) is 97.2 cm³/mol. The first-order chi connectivity index (χ1) is 12.2. The maximum atomic E-state index is 12.2. The quantitative estimate of drug-likeness (QED) is 0.749. The van der Waals surface area contributed by atoms with Crippen molar-refractivity contribution in [3.8, 4) is 11.4 Å². The third-order valence-electron chi connectivity index (χ3n) is 3.84. The zero-order valence-electron chi connectivity index (χ0n) is 14.2. The van der Waals surface area contributed by atoms with Gasteiger partial charge in [0.15, 0.2) is 0 Å². The second kappa shape index (κ2) is 7.53. The number of para-hydroxylation sites is 1. The molecule has 2 aromatic carbocycles. The van der Waals surface area contributed by atoms with Gasteiger partial charge in [-0.3, -0.25) is 0 Å². The summed E-state index contributed by atoms with van der Waals surface area (Å²) in [5, 5.41) is 5.69. The highest BCUT2D eigenvalue weighted by molar-refractivity contribution is 5.89. The maximum Gasteiger partial charge on any atom is 0.319 e. The van der Waals surface area contributed by atoms with Crippen LogP contribution >= 0.6 is 0 Å². The number of carbonyl (C=O) groups is 1. The molecule has 0 unspecified atom stereocenters. The molecule has 128 valence electrons. The first-order valence-corrected chi connectivity index (χ1v) is 7.94. The van der Waals surface area contributed by atoms with Gasteiger partial charge in [-0.25, -0.2) is 9.78 Å². The fourth-order valence-electron chi connectivity index (χ4n) is 2.58. The summed E-state index contributed by atoms with van der Waals surface area (Å²) in [6.45, 7) is 2.35. The van der Waals surface area contributed by atoms with Gasteiger partial charge < -0.3 is 19.9 Å². The summed E-state index contributed by atoms with van der Waals surface area (Å²) in [4.78, 5) is 16.4. The van der Waals surface area contributed by atoms with Crippen molar-refractivity contribution in [3.05, 3.63) is 72.3 Å². The van der Waals surface area contributed by atoms with Crippen LogP contribution in [0.4, 0.5) is 10.5 Å². The van der Waals surface area contributed by atoms with E-state index in [0.29, 0.717) is 18.0 Å². The topological polar surface area (TPSA) is 68.2 Å². The van der Waals surface area contributed by atoms with E-state index in [9.17, 15) is 4.79 Å². The largest absolute Gasteiger partial charge is 0.497 e. The molecule has 0 atom stereocenters. The van der Waals surface area contributed by atoms with Crippen LogP contribution in [0, 0.1) is 6.92 Å². The van der Waals surface area contributed by atoms with E-state index in [1.165, 1.54) is 0 Å². The summed E-state index contributed by atoms with van der Waals surface area (Å²) >= 11 is 0. The zero-order chi connectivity index (χ0) is 17.6. The number of methoxy groups -OCH3 is 1. The second-order valence-corrected chi connectivity index (χ2v) is 5.51. The van der Waals surface area contributed by atoms with E-state index in [1.54, 1.807) is 19.4 Å². The minimum Gasteiger partial charge on any atom is -0.497 e. The lowest BCUT2D eigenvalue weighted by atomic mass is 10.1. The SMILES string of the molecule is COc1cccc(NC(=O)NCc2ccccc2-n2ccnc2C)c1. The van der Waals surface area contributed by atoms with Gasteiger partial charge in [0, 0.05) is 30.7 Å². The van der Waals surface area contributed by atoms with Crippen LogP contribution in [0.5, 0.6) is 5.75 Å². The lowest BCUT2D eigenvalue weighted by Gasteiger charge is -2.13. The third-order valence-corrected chi connectivity index (χ3v) is 3.84. The number of hydrogen-bond acceptors (Lipinski definition) is 3. The standard InChI is InChI=1S/C19H20N4O2/c1-14-20-10-11-23(14)18-9-4-3-6-15(18)13-21-19(24)22-16-7-5-8-17(12-16)25-2/h3-12H,13H2,1-2H3,(H2,21,22,24). The second-order valence-electron chi connectivity index (χ2n) is 5.51. The van der Waals surface area contributed by atoms with Gasteiger partial charge in [0.05, 0.1) is 12.8 Å². The molecule has 1 heterocycles. The number of benzene rings is 2. The van der Waals surface area contributed by atoms with Crippen molar-refractivity contribution >= 4 is 11.7 Å². The van der Waals surface area contributed by atoms with Crippen LogP contribution < -0.4 is 15.4 Å². The molecular weight excluding hydrogens is 316 g/mol. The van der Waals surface area contributed by atoms with Gasteiger partial charge in [-0.15, -0.1) is 0 Å². The lowest BCUT2D eigenvalue weighted by molar-refractivity contribution is 0.251. The maximum absolute atomic E-state index is 12.2. The molecule has 6 heteroatoms. The Kier molecular flexibility index (Phi) is 4.99. The zero-order valence-corrected chi connectivity index (χ0v) is 14.2. The molecule has 0 saturated carbocycles. The number of carbonyl (C=O) groups excluding carboxylic acids is 1. The summed E-state index contributed by atoms with van der Waals surface area (Å²) < 4.78 is 7.15. The molecule has 0 saturated heterocycles. The van der Waals surface area contributed by atoms with E-state index < -0.39 is 0 Å². The van der Waals surface area contributed by atoms with Crippen molar-refractivity contribution in [2.24, 2.45) is 0 Å². The highest BCUT2D eigenvalue weighted by Crippen LogP contribution is 2.18. The third kappa shape index (κ3) is 3.98. The number of rotatable bonds is 5. The van der Waals surface area contributed by atoms with Crippen molar-refractivity contribution in [2.45, 2.75) is 13.5 Å². The van der Waals surface area contributed by atoms with Crippen LogP contribution in [0.25, 0.3) is 5.69 Å². The highest BCUT2D eigenvalue weighted by Gasteiger charge is 2.08. The summed E-state index contributed by atoms with van der Waals surface area (Å²) in [5.41, 5.74) is 2.68. The molecule has 0 aliphatic heterocycles. The number of imidazole rings is 1. The number of amides is 2. The average molecular weight is 336 g/mol. The van der Waals surface area contributed by atoms with Crippen LogP contribution in [0.3, 0.4) is 0 Å². The van der Waals surface area contributed by atoms with E-state index >= 15 is 0 Å². The predicted octanol–water partition coefficient (Wildman–Crippen LogP) is 3.51. The van der Waals surface area contributed by atoms with Gasteiger partial charge in [-0.1, -0.05) is 24.3 Å². The van der Waals surface area contributed by atoms with E-state index in [0.717, 1.165) is 17.1 Å². The number of nitrogens with zero attached hydrogens (tertiary/aromatic N) is 2.